The van der Waals surface area contributed by atoms with Crippen molar-refractivity contribution in [3.8, 4) is 0 Å². The summed E-state index contributed by atoms with van der Waals surface area (Å²) < 4.78 is 11.0. The molecule has 2 rings (SSSR count). The third-order valence-electron chi connectivity index (χ3n) is 2.86. The second kappa shape index (κ2) is 7.35. The van der Waals surface area contributed by atoms with Gasteiger partial charge in [0.15, 0.2) is 0 Å². The zero-order valence-electron chi connectivity index (χ0n) is 12.8. The number of esters is 2. The fourth-order valence-electron chi connectivity index (χ4n) is 1.85. The van der Waals surface area contributed by atoms with E-state index >= 15 is 0 Å². The van der Waals surface area contributed by atoms with Gasteiger partial charge < -0.3 is 9.47 Å². The maximum absolute atomic E-state index is 12.0. The van der Waals surface area contributed by atoms with Gasteiger partial charge in [0.1, 0.15) is 12.3 Å². The fraction of sp³-hybridized carbons (Fsp3) is 0.250. The van der Waals surface area contributed by atoms with Crippen molar-refractivity contribution in [2.24, 2.45) is 0 Å². The maximum Gasteiger partial charge on any atom is 0.331 e. The Hall–Kier alpha value is -2.96. The fourth-order valence-corrected chi connectivity index (χ4v) is 1.85. The zero-order chi connectivity index (χ0) is 16.8. The second-order valence-electron chi connectivity index (χ2n) is 4.71. The number of hydrogen-bond donors (Lipinski definition) is 0. The number of pyridine rings is 1. The Morgan fingerprint density at radius 3 is 2.61 bits per heavy atom. The van der Waals surface area contributed by atoms with Gasteiger partial charge in [-0.25, -0.2) is 14.6 Å². The number of aromatic nitrogens is 2. The molecule has 0 bridgehead atoms. The summed E-state index contributed by atoms with van der Waals surface area (Å²) in [6.45, 7) is 3.60. The van der Waals surface area contributed by atoms with E-state index in [-0.39, 0.29) is 18.8 Å². The molecule has 2 aromatic rings. The maximum atomic E-state index is 12.0. The molecular weight excluding hydrogens is 300 g/mol. The Morgan fingerprint density at radius 1 is 1.22 bits per heavy atom. The average molecular weight is 316 g/mol. The van der Waals surface area contributed by atoms with Crippen LogP contribution in [0.5, 0.6) is 0 Å². The highest BCUT2D eigenvalue weighted by atomic mass is 16.5. The molecule has 0 spiro atoms. The number of carbonyl (C=O) groups is 2. The van der Waals surface area contributed by atoms with Gasteiger partial charge in [-0.1, -0.05) is 6.07 Å². The van der Waals surface area contributed by atoms with Crippen LogP contribution in [0.15, 0.2) is 41.3 Å². The van der Waals surface area contributed by atoms with Gasteiger partial charge >= 0.3 is 11.9 Å². The van der Waals surface area contributed by atoms with Crippen molar-refractivity contribution in [1.29, 1.82) is 0 Å². The topological polar surface area (TPSA) is 87.0 Å². The molecule has 0 aliphatic carbocycles. The van der Waals surface area contributed by atoms with Crippen LogP contribution in [0.4, 0.5) is 0 Å². The predicted octanol–water partition coefficient (Wildman–Crippen LogP) is 1.17. The Kier molecular flexibility index (Phi) is 5.24. The number of hydrogen-bond acceptors (Lipinski definition) is 6. The molecule has 0 saturated carbocycles. The lowest BCUT2D eigenvalue weighted by molar-refractivity contribution is -0.141. The molecular formula is C16H16N2O5. The SMILES string of the molecule is CCOC(=O)C=CC(=O)OCc1cc(=O)n2cc(C)ccc2n1. The minimum atomic E-state index is -0.719. The number of ether oxygens (including phenoxy) is 2. The minimum absolute atomic E-state index is 0.161. The van der Waals surface area contributed by atoms with E-state index in [0.29, 0.717) is 11.3 Å². The second-order valence-corrected chi connectivity index (χ2v) is 4.71. The monoisotopic (exact) mass is 316 g/mol. The molecule has 0 atom stereocenters. The molecule has 0 aliphatic heterocycles. The lowest BCUT2D eigenvalue weighted by Crippen LogP contribution is -2.16. The highest BCUT2D eigenvalue weighted by Crippen LogP contribution is 2.03. The Morgan fingerprint density at radius 2 is 1.91 bits per heavy atom. The highest BCUT2D eigenvalue weighted by Gasteiger charge is 2.05. The van der Waals surface area contributed by atoms with Gasteiger partial charge in [-0.3, -0.25) is 9.20 Å². The van der Waals surface area contributed by atoms with E-state index in [4.69, 9.17) is 4.74 Å². The van der Waals surface area contributed by atoms with Crippen molar-refractivity contribution in [1.82, 2.24) is 9.38 Å². The summed E-state index contributed by atoms with van der Waals surface area (Å²) in [4.78, 5) is 38.8. The van der Waals surface area contributed by atoms with Crippen molar-refractivity contribution in [3.63, 3.8) is 0 Å². The molecule has 7 heteroatoms. The number of nitrogens with zero attached hydrogens (tertiary/aromatic N) is 2. The van der Waals surface area contributed by atoms with E-state index in [9.17, 15) is 14.4 Å². The van der Waals surface area contributed by atoms with Crippen LogP contribution in [0.25, 0.3) is 5.65 Å². The number of rotatable bonds is 5. The first kappa shape index (κ1) is 16.4. The summed E-state index contributed by atoms with van der Waals surface area (Å²) in [6.07, 6.45) is 3.63. The van der Waals surface area contributed by atoms with Gasteiger partial charge in [0, 0.05) is 24.4 Å². The number of carbonyl (C=O) groups excluding carboxylic acids is 2. The smallest absolute Gasteiger partial charge is 0.331 e. The van der Waals surface area contributed by atoms with E-state index in [1.165, 1.54) is 10.5 Å². The normalized spacial score (nSPS) is 10.9. The van der Waals surface area contributed by atoms with Gasteiger partial charge in [-0.2, -0.15) is 0 Å². The molecule has 2 heterocycles. The number of aryl methyl sites for hydroxylation is 1. The summed E-state index contributed by atoms with van der Waals surface area (Å²) >= 11 is 0. The Labute approximate surface area is 132 Å². The highest BCUT2D eigenvalue weighted by molar-refractivity contribution is 5.91. The third kappa shape index (κ3) is 4.50. The molecule has 0 amide bonds. The molecule has 23 heavy (non-hydrogen) atoms. The van der Waals surface area contributed by atoms with Gasteiger partial charge in [0.2, 0.25) is 0 Å². The summed E-state index contributed by atoms with van der Waals surface area (Å²) in [7, 11) is 0. The Bertz CT molecular complexity index is 823. The molecule has 0 unspecified atom stereocenters. The summed E-state index contributed by atoms with van der Waals surface area (Å²) in [5, 5.41) is 0. The lowest BCUT2D eigenvalue weighted by Gasteiger charge is -2.05. The van der Waals surface area contributed by atoms with Crippen LogP contribution in [-0.4, -0.2) is 27.9 Å². The number of fused-ring (bicyclic) bond motifs is 1. The molecule has 0 N–H and O–H groups in total. The molecule has 0 saturated heterocycles. The molecule has 2 aromatic heterocycles. The molecule has 0 radical (unpaired) electrons. The zero-order valence-corrected chi connectivity index (χ0v) is 12.8. The molecule has 0 aliphatic rings. The van der Waals surface area contributed by atoms with Crippen molar-refractivity contribution >= 4 is 17.6 Å². The molecule has 0 fully saturated rings. The summed E-state index contributed by atoms with van der Waals surface area (Å²) in [5.74, 6) is -1.34. The first-order valence-corrected chi connectivity index (χ1v) is 7.00. The van der Waals surface area contributed by atoms with Gasteiger partial charge in [0.05, 0.1) is 12.3 Å². The average Bonchev–Trinajstić information content (AvgIpc) is 2.52. The van der Waals surface area contributed by atoms with E-state index in [1.54, 1.807) is 19.2 Å². The molecule has 7 nitrogen and oxygen atoms in total. The first-order chi connectivity index (χ1) is 11.0. The van der Waals surface area contributed by atoms with Gasteiger partial charge in [-0.05, 0) is 25.5 Å². The van der Waals surface area contributed by atoms with Crippen molar-refractivity contribution in [2.75, 3.05) is 6.61 Å². The van der Waals surface area contributed by atoms with Crippen LogP contribution in [0.2, 0.25) is 0 Å². The van der Waals surface area contributed by atoms with Crippen LogP contribution in [-0.2, 0) is 25.7 Å². The quantitative estimate of drug-likeness (QED) is 0.608. The van der Waals surface area contributed by atoms with Crippen LogP contribution in [0.3, 0.4) is 0 Å². The van der Waals surface area contributed by atoms with E-state index < -0.39 is 11.9 Å². The summed E-state index contributed by atoms with van der Waals surface area (Å²) in [5.41, 5.74) is 1.48. The van der Waals surface area contributed by atoms with Crippen molar-refractivity contribution in [2.45, 2.75) is 20.5 Å². The summed E-state index contributed by atoms with van der Waals surface area (Å²) in [6, 6.07) is 4.84. The first-order valence-electron chi connectivity index (χ1n) is 7.00. The minimum Gasteiger partial charge on any atom is -0.463 e. The van der Waals surface area contributed by atoms with Gasteiger partial charge in [-0.15, -0.1) is 0 Å². The Balaban J connectivity index is 2.05. The standard InChI is InChI=1S/C16H16N2O5/c1-3-22-15(20)6-7-16(21)23-10-12-8-14(19)18-9-11(2)4-5-13(18)17-12/h4-9H,3,10H2,1-2H3. The van der Waals surface area contributed by atoms with Crippen LogP contribution < -0.4 is 5.56 Å². The third-order valence-corrected chi connectivity index (χ3v) is 2.86. The van der Waals surface area contributed by atoms with E-state index in [1.807, 2.05) is 13.0 Å². The van der Waals surface area contributed by atoms with Crippen LogP contribution in [0, 0.1) is 6.92 Å². The van der Waals surface area contributed by atoms with Gasteiger partial charge in [0.25, 0.3) is 5.56 Å². The van der Waals surface area contributed by atoms with Crippen LogP contribution >= 0.6 is 0 Å². The molecule has 120 valence electrons. The van der Waals surface area contributed by atoms with E-state index in [2.05, 4.69) is 9.72 Å². The van der Waals surface area contributed by atoms with Crippen molar-refractivity contribution in [3.05, 3.63) is 58.2 Å². The largest absolute Gasteiger partial charge is 0.463 e. The van der Waals surface area contributed by atoms with E-state index in [0.717, 1.165) is 17.7 Å². The lowest BCUT2D eigenvalue weighted by atomic mass is 10.3. The molecule has 0 aromatic carbocycles. The predicted molar refractivity (Wildman–Crippen MR) is 81.8 cm³/mol. The van der Waals surface area contributed by atoms with Crippen molar-refractivity contribution < 1.29 is 19.1 Å². The van der Waals surface area contributed by atoms with Crippen LogP contribution in [0.1, 0.15) is 18.2 Å².